The van der Waals surface area contributed by atoms with E-state index in [1.54, 1.807) is 0 Å². The summed E-state index contributed by atoms with van der Waals surface area (Å²) in [5.41, 5.74) is -0.307. The predicted octanol–water partition coefficient (Wildman–Crippen LogP) is 0.106. The van der Waals surface area contributed by atoms with Crippen LogP contribution in [0.2, 0.25) is 0 Å². The molecule has 0 unspecified atom stereocenters. The molecular formula is C11H13NO9S2. The Kier molecular flexibility index (Phi) is 5.47. The van der Waals surface area contributed by atoms with Crippen LogP contribution in [-0.4, -0.2) is 44.7 Å². The first-order valence-corrected chi connectivity index (χ1v) is 8.70. The SMILES string of the molecule is COc1cc(S(=O)(=O)O)c(S(=O)(=O)O)cc1NC(=O)CC(C)=O. The number of Topliss-reactive ketones (excluding diaryl/α,β-unsaturated/α-hetero) is 1. The molecule has 1 aromatic rings. The minimum Gasteiger partial charge on any atom is -0.495 e. The molecule has 10 nitrogen and oxygen atoms in total. The van der Waals surface area contributed by atoms with Gasteiger partial charge in [0.2, 0.25) is 5.91 Å². The number of carbonyl (C=O) groups excluding carboxylic acids is 2. The summed E-state index contributed by atoms with van der Waals surface area (Å²) >= 11 is 0. The molecule has 0 spiro atoms. The van der Waals surface area contributed by atoms with E-state index < -0.39 is 48.1 Å². The van der Waals surface area contributed by atoms with Gasteiger partial charge < -0.3 is 10.1 Å². The summed E-state index contributed by atoms with van der Waals surface area (Å²) in [7, 11) is -8.94. The number of ether oxygens (including phenoxy) is 1. The number of methoxy groups -OCH3 is 1. The molecule has 128 valence electrons. The number of nitrogens with one attached hydrogen (secondary N) is 1. The average molecular weight is 367 g/mol. The largest absolute Gasteiger partial charge is 0.495 e. The molecule has 0 heterocycles. The monoisotopic (exact) mass is 367 g/mol. The van der Waals surface area contributed by atoms with Crippen molar-refractivity contribution in [3.63, 3.8) is 0 Å². The average Bonchev–Trinajstić information content (AvgIpc) is 2.34. The van der Waals surface area contributed by atoms with Gasteiger partial charge >= 0.3 is 0 Å². The molecule has 0 aliphatic carbocycles. The summed E-state index contributed by atoms with van der Waals surface area (Å²) in [5.74, 6) is -1.58. The molecule has 23 heavy (non-hydrogen) atoms. The number of rotatable bonds is 6. The smallest absolute Gasteiger partial charge is 0.296 e. The Hall–Kier alpha value is -2.02. The Balaban J connectivity index is 3.55. The summed E-state index contributed by atoms with van der Waals surface area (Å²) in [6.07, 6.45) is -0.510. The first-order chi connectivity index (χ1) is 10.4. The van der Waals surface area contributed by atoms with Crippen molar-refractivity contribution in [1.29, 1.82) is 0 Å². The number of hydrogen-bond donors (Lipinski definition) is 3. The molecule has 0 saturated carbocycles. The first kappa shape index (κ1) is 19.0. The van der Waals surface area contributed by atoms with E-state index in [9.17, 15) is 26.4 Å². The van der Waals surface area contributed by atoms with Gasteiger partial charge in [-0.15, -0.1) is 0 Å². The van der Waals surface area contributed by atoms with Gasteiger partial charge in [0.1, 0.15) is 21.3 Å². The van der Waals surface area contributed by atoms with Gasteiger partial charge in [-0.25, -0.2) is 0 Å². The molecule has 0 saturated heterocycles. The highest BCUT2D eigenvalue weighted by molar-refractivity contribution is 7.89. The highest BCUT2D eigenvalue weighted by Gasteiger charge is 2.27. The number of benzene rings is 1. The summed E-state index contributed by atoms with van der Waals surface area (Å²) in [6.45, 7) is 1.15. The lowest BCUT2D eigenvalue weighted by atomic mass is 10.2. The van der Waals surface area contributed by atoms with E-state index in [1.807, 2.05) is 0 Å². The molecule has 12 heteroatoms. The van der Waals surface area contributed by atoms with Crippen molar-refractivity contribution >= 4 is 37.6 Å². The van der Waals surface area contributed by atoms with Crippen LogP contribution in [-0.2, 0) is 29.8 Å². The van der Waals surface area contributed by atoms with Crippen LogP contribution in [0.3, 0.4) is 0 Å². The van der Waals surface area contributed by atoms with Crippen molar-refractivity contribution in [1.82, 2.24) is 0 Å². The van der Waals surface area contributed by atoms with E-state index in [-0.39, 0.29) is 11.4 Å². The topological polar surface area (TPSA) is 164 Å². The minimum absolute atomic E-state index is 0.304. The van der Waals surface area contributed by atoms with E-state index in [1.165, 1.54) is 0 Å². The third-order valence-electron chi connectivity index (χ3n) is 2.51. The maximum absolute atomic E-state index is 11.6. The zero-order chi connectivity index (χ0) is 18.0. The highest BCUT2D eigenvalue weighted by atomic mass is 32.2. The number of carbonyl (C=O) groups is 2. The van der Waals surface area contributed by atoms with Crippen molar-refractivity contribution in [3.8, 4) is 5.75 Å². The molecule has 3 N–H and O–H groups in total. The van der Waals surface area contributed by atoms with Crippen LogP contribution in [0.1, 0.15) is 13.3 Å². The lowest BCUT2D eigenvalue weighted by Crippen LogP contribution is -2.17. The third kappa shape index (κ3) is 4.99. The number of hydrogen-bond acceptors (Lipinski definition) is 7. The molecule has 0 atom stereocenters. The van der Waals surface area contributed by atoms with Crippen molar-refractivity contribution in [2.45, 2.75) is 23.1 Å². The molecule has 0 radical (unpaired) electrons. The van der Waals surface area contributed by atoms with Crippen LogP contribution in [0.5, 0.6) is 5.75 Å². The van der Waals surface area contributed by atoms with Crippen molar-refractivity contribution in [3.05, 3.63) is 12.1 Å². The van der Waals surface area contributed by atoms with Gasteiger partial charge in [-0.1, -0.05) is 0 Å². The second-order valence-electron chi connectivity index (χ2n) is 4.38. The quantitative estimate of drug-likeness (QED) is 0.467. The van der Waals surface area contributed by atoms with E-state index in [2.05, 4.69) is 5.32 Å². The molecule has 0 bridgehead atoms. The minimum atomic E-state index is -5.04. The fourth-order valence-corrected chi connectivity index (χ4v) is 3.41. The van der Waals surface area contributed by atoms with Gasteiger partial charge in [0.05, 0.1) is 19.2 Å². The fraction of sp³-hybridized carbons (Fsp3) is 0.273. The van der Waals surface area contributed by atoms with E-state index in [0.29, 0.717) is 12.1 Å². The highest BCUT2D eigenvalue weighted by Crippen LogP contribution is 2.33. The van der Waals surface area contributed by atoms with Gasteiger partial charge in [-0.3, -0.25) is 18.7 Å². The number of ketones is 1. The van der Waals surface area contributed by atoms with Gasteiger partial charge in [0, 0.05) is 6.07 Å². The van der Waals surface area contributed by atoms with E-state index in [0.717, 1.165) is 14.0 Å². The van der Waals surface area contributed by atoms with Gasteiger partial charge in [0.25, 0.3) is 20.2 Å². The van der Waals surface area contributed by atoms with Crippen LogP contribution >= 0.6 is 0 Å². The van der Waals surface area contributed by atoms with Crippen LogP contribution in [0.15, 0.2) is 21.9 Å². The summed E-state index contributed by atoms with van der Waals surface area (Å²) < 4.78 is 68.0. The zero-order valence-corrected chi connectivity index (χ0v) is 13.6. The standard InChI is InChI=1S/C11H13NO9S2/c1-6(13)3-11(14)12-7-4-9(22(15,16)17)10(23(18,19)20)5-8(7)21-2/h4-5H,3H2,1-2H3,(H,12,14)(H,15,16,17)(H,18,19,20). The summed E-state index contributed by atoms with van der Waals surface area (Å²) in [6, 6.07) is 1.21. The predicted molar refractivity (Wildman–Crippen MR) is 76.6 cm³/mol. The Labute approximate surface area is 131 Å². The summed E-state index contributed by atoms with van der Waals surface area (Å²) in [5, 5.41) is 2.15. The normalized spacial score (nSPS) is 11.8. The molecular weight excluding hydrogens is 354 g/mol. The molecule has 1 rings (SSSR count). The van der Waals surface area contributed by atoms with Crippen molar-refractivity contribution < 1.29 is 40.3 Å². The van der Waals surface area contributed by atoms with E-state index in [4.69, 9.17) is 13.8 Å². The zero-order valence-electron chi connectivity index (χ0n) is 11.9. The van der Waals surface area contributed by atoms with Crippen LogP contribution < -0.4 is 10.1 Å². The van der Waals surface area contributed by atoms with Crippen LogP contribution in [0.4, 0.5) is 5.69 Å². The maximum Gasteiger partial charge on any atom is 0.296 e. The Bertz CT molecular complexity index is 856. The second kappa shape index (κ2) is 6.62. The number of anilines is 1. The van der Waals surface area contributed by atoms with Gasteiger partial charge in [0.15, 0.2) is 0 Å². The molecule has 1 amide bonds. The second-order valence-corrected chi connectivity index (χ2v) is 7.16. The maximum atomic E-state index is 11.6. The fourth-order valence-electron chi connectivity index (χ4n) is 1.63. The lowest BCUT2D eigenvalue weighted by Gasteiger charge is -2.13. The Morgan fingerprint density at radius 1 is 1.09 bits per heavy atom. The Morgan fingerprint density at radius 2 is 1.57 bits per heavy atom. The first-order valence-electron chi connectivity index (χ1n) is 5.82. The van der Waals surface area contributed by atoms with E-state index >= 15 is 0 Å². The lowest BCUT2D eigenvalue weighted by molar-refractivity contribution is -0.124. The number of amides is 1. The summed E-state index contributed by atoms with van der Waals surface area (Å²) in [4.78, 5) is 20.2. The van der Waals surface area contributed by atoms with Gasteiger partial charge in [-0.05, 0) is 13.0 Å². The van der Waals surface area contributed by atoms with Gasteiger partial charge in [-0.2, -0.15) is 16.8 Å². The third-order valence-corrected chi connectivity index (χ3v) is 4.42. The molecule has 0 aliphatic rings. The van der Waals surface area contributed by atoms with Crippen molar-refractivity contribution in [2.24, 2.45) is 0 Å². The molecule has 0 aliphatic heterocycles. The van der Waals surface area contributed by atoms with Crippen LogP contribution in [0, 0.1) is 0 Å². The molecule has 1 aromatic carbocycles. The molecule has 0 fully saturated rings. The van der Waals surface area contributed by atoms with Crippen molar-refractivity contribution in [2.75, 3.05) is 12.4 Å². The molecule has 0 aromatic heterocycles. The Morgan fingerprint density at radius 3 is 1.96 bits per heavy atom. The van der Waals surface area contributed by atoms with Crippen LogP contribution in [0.25, 0.3) is 0 Å².